The topological polar surface area (TPSA) is 31.4 Å². The fourth-order valence-corrected chi connectivity index (χ4v) is 2.72. The maximum atomic E-state index is 5.93. The molecule has 3 nitrogen and oxygen atoms in total. The van der Waals surface area contributed by atoms with Crippen molar-refractivity contribution in [3.63, 3.8) is 0 Å². The van der Waals surface area contributed by atoms with Gasteiger partial charge in [0.2, 0.25) is 6.29 Å². The van der Waals surface area contributed by atoms with E-state index in [4.69, 9.17) is 14.5 Å². The highest BCUT2D eigenvalue weighted by atomic mass is 16.7. The summed E-state index contributed by atoms with van der Waals surface area (Å²) in [5, 5.41) is 1.09. The van der Waals surface area contributed by atoms with Crippen molar-refractivity contribution >= 4 is 22.7 Å². The van der Waals surface area contributed by atoms with E-state index in [0.717, 1.165) is 33.5 Å². The summed E-state index contributed by atoms with van der Waals surface area (Å²) >= 11 is 0. The molecule has 3 aromatic rings. The number of nitrogens with zero attached hydrogens (tertiary/aromatic N) is 1. The molecule has 1 unspecified atom stereocenters. The Bertz CT molecular complexity index is 856. The molecule has 0 aliphatic carbocycles. The molecule has 2 heterocycles. The van der Waals surface area contributed by atoms with Gasteiger partial charge in [-0.15, -0.1) is 0 Å². The van der Waals surface area contributed by atoms with E-state index in [1.807, 2.05) is 60.7 Å². The minimum Gasteiger partial charge on any atom is -0.458 e. The number of ether oxygens (including phenoxy) is 2. The molecule has 2 aromatic carbocycles. The molecule has 0 spiro atoms. The SMILES string of the molecule is COC1O/C(=C/c2ccccc2)c2nc3ccccc3cc21. The van der Waals surface area contributed by atoms with Crippen LogP contribution in [-0.4, -0.2) is 12.1 Å². The van der Waals surface area contributed by atoms with E-state index in [1.54, 1.807) is 7.11 Å². The van der Waals surface area contributed by atoms with Crippen molar-refractivity contribution in [3.8, 4) is 0 Å². The van der Waals surface area contributed by atoms with Gasteiger partial charge in [0.05, 0.1) is 11.1 Å². The van der Waals surface area contributed by atoms with Crippen molar-refractivity contribution in [2.75, 3.05) is 7.11 Å². The summed E-state index contributed by atoms with van der Waals surface area (Å²) in [6.07, 6.45) is 1.60. The largest absolute Gasteiger partial charge is 0.458 e. The highest BCUT2D eigenvalue weighted by Crippen LogP contribution is 2.39. The van der Waals surface area contributed by atoms with Crippen LogP contribution in [0.5, 0.6) is 0 Å². The minimum atomic E-state index is -0.401. The van der Waals surface area contributed by atoms with Gasteiger partial charge in [-0.2, -0.15) is 0 Å². The lowest BCUT2D eigenvalue weighted by atomic mass is 10.1. The molecule has 0 amide bonds. The molecule has 1 aromatic heterocycles. The van der Waals surface area contributed by atoms with Crippen LogP contribution in [0.4, 0.5) is 0 Å². The lowest BCUT2D eigenvalue weighted by molar-refractivity contribution is -0.0643. The van der Waals surface area contributed by atoms with Crippen LogP contribution in [0.15, 0.2) is 60.7 Å². The molecule has 4 rings (SSSR count). The first-order valence-electron chi connectivity index (χ1n) is 7.21. The fourth-order valence-electron chi connectivity index (χ4n) is 2.72. The Morgan fingerprint density at radius 1 is 1.05 bits per heavy atom. The van der Waals surface area contributed by atoms with Crippen molar-refractivity contribution < 1.29 is 9.47 Å². The number of rotatable bonds is 2. The van der Waals surface area contributed by atoms with Gasteiger partial charge in [0.15, 0.2) is 0 Å². The van der Waals surface area contributed by atoms with E-state index in [2.05, 4.69) is 6.07 Å². The van der Waals surface area contributed by atoms with E-state index in [-0.39, 0.29) is 0 Å². The van der Waals surface area contributed by atoms with E-state index >= 15 is 0 Å². The molecule has 3 heteroatoms. The first kappa shape index (κ1) is 13.0. The molecule has 1 aliphatic heterocycles. The summed E-state index contributed by atoms with van der Waals surface area (Å²) in [5.74, 6) is 0.749. The standard InChI is InChI=1S/C19H15NO2/c1-21-19-15-12-14-9-5-6-10-16(14)20-18(15)17(22-19)11-13-7-3-2-4-8-13/h2-12,19H,1H3/b17-11+. The highest BCUT2D eigenvalue weighted by Gasteiger charge is 2.30. The zero-order chi connectivity index (χ0) is 14.9. The second kappa shape index (κ2) is 5.28. The summed E-state index contributed by atoms with van der Waals surface area (Å²) in [7, 11) is 1.65. The maximum absolute atomic E-state index is 5.93. The Balaban J connectivity index is 1.89. The lowest BCUT2D eigenvalue weighted by Crippen LogP contribution is -1.98. The molecule has 0 radical (unpaired) electrons. The van der Waals surface area contributed by atoms with E-state index < -0.39 is 6.29 Å². The number of hydrogen-bond acceptors (Lipinski definition) is 3. The Morgan fingerprint density at radius 2 is 1.82 bits per heavy atom. The molecule has 0 fully saturated rings. The molecule has 0 bridgehead atoms. The van der Waals surface area contributed by atoms with Crippen molar-refractivity contribution in [3.05, 3.63) is 77.5 Å². The Morgan fingerprint density at radius 3 is 2.64 bits per heavy atom. The number of aromatic nitrogens is 1. The maximum Gasteiger partial charge on any atom is 0.228 e. The van der Waals surface area contributed by atoms with Crippen LogP contribution in [0, 0.1) is 0 Å². The van der Waals surface area contributed by atoms with Crippen LogP contribution >= 0.6 is 0 Å². The van der Waals surface area contributed by atoms with Gasteiger partial charge >= 0.3 is 0 Å². The van der Waals surface area contributed by atoms with E-state index in [9.17, 15) is 0 Å². The number of pyridine rings is 1. The van der Waals surface area contributed by atoms with Crippen LogP contribution in [0.1, 0.15) is 23.1 Å². The Labute approximate surface area is 128 Å². The second-order valence-corrected chi connectivity index (χ2v) is 5.22. The summed E-state index contributed by atoms with van der Waals surface area (Å²) in [6, 6.07) is 20.2. The lowest BCUT2D eigenvalue weighted by Gasteiger charge is -2.08. The van der Waals surface area contributed by atoms with Crippen molar-refractivity contribution in [2.45, 2.75) is 6.29 Å². The van der Waals surface area contributed by atoms with E-state index in [0.29, 0.717) is 0 Å². The predicted molar refractivity (Wildman–Crippen MR) is 86.9 cm³/mol. The fraction of sp³-hybridized carbons (Fsp3) is 0.105. The molecule has 1 atom stereocenters. The smallest absolute Gasteiger partial charge is 0.228 e. The van der Waals surface area contributed by atoms with Gasteiger partial charge in [-0.05, 0) is 23.8 Å². The van der Waals surface area contributed by atoms with E-state index in [1.165, 1.54) is 0 Å². The zero-order valence-corrected chi connectivity index (χ0v) is 12.2. The predicted octanol–water partition coefficient (Wildman–Crippen LogP) is 4.41. The van der Waals surface area contributed by atoms with Gasteiger partial charge in [0.25, 0.3) is 0 Å². The average molecular weight is 289 g/mol. The van der Waals surface area contributed by atoms with Crippen LogP contribution in [0.3, 0.4) is 0 Å². The molecular formula is C19H15NO2. The second-order valence-electron chi connectivity index (χ2n) is 5.22. The minimum absolute atomic E-state index is 0.401. The third-order valence-corrected chi connectivity index (χ3v) is 3.79. The molecule has 0 saturated heterocycles. The van der Waals surface area contributed by atoms with Gasteiger partial charge in [-0.25, -0.2) is 4.98 Å². The van der Waals surface area contributed by atoms with Gasteiger partial charge in [-0.3, -0.25) is 0 Å². The summed E-state index contributed by atoms with van der Waals surface area (Å²) in [5.41, 5.74) is 3.87. The van der Waals surface area contributed by atoms with Gasteiger partial charge in [-0.1, -0.05) is 48.5 Å². The number of para-hydroxylation sites is 1. The normalized spacial score (nSPS) is 18.4. The number of benzene rings is 2. The molecule has 0 N–H and O–H groups in total. The number of fused-ring (bicyclic) bond motifs is 2. The van der Waals surface area contributed by atoms with Gasteiger partial charge < -0.3 is 9.47 Å². The van der Waals surface area contributed by atoms with Gasteiger partial charge in [0, 0.05) is 12.5 Å². The van der Waals surface area contributed by atoms with Gasteiger partial charge in [0.1, 0.15) is 11.5 Å². The third-order valence-electron chi connectivity index (χ3n) is 3.79. The quantitative estimate of drug-likeness (QED) is 0.700. The van der Waals surface area contributed by atoms with Crippen molar-refractivity contribution in [1.82, 2.24) is 4.98 Å². The molecule has 108 valence electrons. The molecule has 0 saturated carbocycles. The first-order chi connectivity index (χ1) is 10.8. The average Bonchev–Trinajstić information content (AvgIpc) is 2.91. The summed E-state index contributed by atoms with van der Waals surface area (Å²) in [4.78, 5) is 4.76. The summed E-state index contributed by atoms with van der Waals surface area (Å²) in [6.45, 7) is 0. The zero-order valence-electron chi connectivity index (χ0n) is 12.2. The number of hydrogen-bond donors (Lipinski definition) is 0. The van der Waals surface area contributed by atoms with Crippen molar-refractivity contribution in [1.29, 1.82) is 0 Å². The summed E-state index contributed by atoms with van der Waals surface area (Å²) < 4.78 is 11.4. The number of methoxy groups -OCH3 is 1. The Kier molecular flexibility index (Phi) is 3.13. The molecule has 1 aliphatic rings. The van der Waals surface area contributed by atoms with Crippen molar-refractivity contribution in [2.24, 2.45) is 0 Å². The van der Waals surface area contributed by atoms with Crippen LogP contribution < -0.4 is 0 Å². The monoisotopic (exact) mass is 289 g/mol. The first-order valence-corrected chi connectivity index (χ1v) is 7.21. The molecule has 22 heavy (non-hydrogen) atoms. The van der Waals surface area contributed by atoms with Crippen LogP contribution in [0.25, 0.3) is 22.7 Å². The van der Waals surface area contributed by atoms with Crippen LogP contribution in [0.2, 0.25) is 0 Å². The highest BCUT2D eigenvalue weighted by molar-refractivity contribution is 5.86. The Hall–Kier alpha value is -2.65. The van der Waals surface area contributed by atoms with Crippen LogP contribution in [-0.2, 0) is 9.47 Å². The third kappa shape index (κ3) is 2.16. The molecular weight excluding hydrogens is 274 g/mol.